The van der Waals surface area contributed by atoms with Crippen molar-refractivity contribution < 1.29 is 16.8 Å². The summed E-state index contributed by atoms with van der Waals surface area (Å²) in [6, 6.07) is 14.8. The van der Waals surface area contributed by atoms with E-state index in [0.29, 0.717) is 13.1 Å². The van der Waals surface area contributed by atoms with E-state index in [1.54, 1.807) is 54.6 Å². The minimum absolute atomic E-state index is 0.0966. The Morgan fingerprint density at radius 1 is 0.900 bits per heavy atom. The summed E-state index contributed by atoms with van der Waals surface area (Å²) in [4.78, 5) is 2.66. The van der Waals surface area contributed by atoms with Crippen molar-refractivity contribution in [3.05, 3.63) is 60.2 Å². The fourth-order valence-electron chi connectivity index (χ4n) is 3.73. The minimum Gasteiger partial charge on any atom is -0.297 e. The van der Waals surface area contributed by atoms with E-state index in [2.05, 4.69) is 11.8 Å². The summed E-state index contributed by atoms with van der Waals surface area (Å²) in [5.74, 6) is -0.0966. The molecule has 0 saturated carbocycles. The number of sulfonamides is 1. The lowest BCUT2D eigenvalue weighted by Crippen LogP contribution is -2.56. The van der Waals surface area contributed by atoms with E-state index >= 15 is 0 Å². The minimum atomic E-state index is -3.66. The highest BCUT2D eigenvalue weighted by Gasteiger charge is 2.36. The van der Waals surface area contributed by atoms with E-state index in [1.165, 1.54) is 4.31 Å². The van der Waals surface area contributed by atoms with Gasteiger partial charge < -0.3 is 0 Å². The molecule has 1 aliphatic rings. The van der Waals surface area contributed by atoms with Crippen molar-refractivity contribution in [2.75, 3.05) is 31.9 Å². The van der Waals surface area contributed by atoms with Gasteiger partial charge in [-0.15, -0.1) is 0 Å². The Morgan fingerprint density at radius 3 is 2.20 bits per heavy atom. The van der Waals surface area contributed by atoms with Gasteiger partial charge in [0.25, 0.3) is 0 Å². The van der Waals surface area contributed by atoms with Crippen molar-refractivity contribution >= 4 is 19.9 Å². The average Bonchev–Trinajstić information content (AvgIpc) is 2.73. The van der Waals surface area contributed by atoms with E-state index in [1.807, 2.05) is 6.92 Å². The molecule has 8 heteroatoms. The lowest BCUT2D eigenvalue weighted by molar-refractivity contribution is 0.129. The summed E-state index contributed by atoms with van der Waals surface area (Å²) in [5, 5.41) is 0. The number of sulfone groups is 1. The molecule has 0 radical (unpaired) electrons. The standard InChI is InChI=1S/C22H30N2O4S2/c1-3-4-14-23-15-16-24(30(27,28)22-12-10-19(2)11-13-22)17-20(23)18-29(25,26)21-8-6-5-7-9-21/h5-13,20H,3-4,14-18H2,1-2H3. The average molecular weight is 451 g/mol. The second-order valence-corrected chi connectivity index (χ2v) is 11.8. The van der Waals surface area contributed by atoms with Crippen molar-refractivity contribution in [3.8, 4) is 0 Å². The van der Waals surface area contributed by atoms with Gasteiger partial charge in [0.15, 0.2) is 9.84 Å². The molecule has 1 fully saturated rings. The lowest BCUT2D eigenvalue weighted by Gasteiger charge is -2.40. The number of hydrogen-bond acceptors (Lipinski definition) is 5. The first kappa shape index (κ1) is 22.9. The molecule has 2 aromatic rings. The summed E-state index contributed by atoms with van der Waals surface area (Å²) in [6.07, 6.45) is 1.95. The SMILES string of the molecule is CCCCN1CCN(S(=O)(=O)c2ccc(C)cc2)CC1CS(=O)(=O)c1ccccc1. The third-order valence-electron chi connectivity index (χ3n) is 5.54. The number of piperazine rings is 1. The molecule has 0 aromatic heterocycles. The third-order valence-corrected chi connectivity index (χ3v) is 9.23. The first-order valence-corrected chi connectivity index (χ1v) is 13.4. The Bertz CT molecular complexity index is 1040. The molecule has 1 heterocycles. The van der Waals surface area contributed by atoms with Gasteiger partial charge in [-0.2, -0.15) is 4.31 Å². The van der Waals surface area contributed by atoms with Gasteiger partial charge in [-0.05, 0) is 44.2 Å². The highest BCUT2D eigenvalue weighted by Crippen LogP contribution is 2.23. The highest BCUT2D eigenvalue weighted by atomic mass is 32.2. The molecule has 0 bridgehead atoms. The van der Waals surface area contributed by atoms with Crippen LogP contribution in [0.1, 0.15) is 25.3 Å². The molecular formula is C22H30N2O4S2. The number of aryl methyl sites for hydroxylation is 1. The number of unbranched alkanes of at least 4 members (excludes halogenated alkanes) is 1. The molecule has 6 nitrogen and oxygen atoms in total. The monoisotopic (exact) mass is 450 g/mol. The van der Waals surface area contributed by atoms with Crippen molar-refractivity contribution in [1.82, 2.24) is 9.21 Å². The number of benzene rings is 2. The van der Waals surface area contributed by atoms with Crippen molar-refractivity contribution in [1.29, 1.82) is 0 Å². The molecule has 1 unspecified atom stereocenters. The van der Waals surface area contributed by atoms with Crippen LogP contribution in [-0.2, 0) is 19.9 Å². The summed E-state index contributed by atoms with van der Waals surface area (Å²) in [6.45, 7) is 5.83. The van der Waals surface area contributed by atoms with E-state index in [4.69, 9.17) is 0 Å². The molecule has 0 aliphatic carbocycles. The van der Waals surface area contributed by atoms with Gasteiger partial charge >= 0.3 is 0 Å². The Hall–Kier alpha value is -1.74. The first-order chi connectivity index (χ1) is 14.2. The van der Waals surface area contributed by atoms with Crippen LogP contribution in [0.5, 0.6) is 0 Å². The van der Waals surface area contributed by atoms with Crippen molar-refractivity contribution in [2.24, 2.45) is 0 Å². The maximum Gasteiger partial charge on any atom is 0.243 e. The van der Waals surface area contributed by atoms with Crippen LogP contribution in [0.4, 0.5) is 0 Å². The van der Waals surface area contributed by atoms with Crippen molar-refractivity contribution in [2.45, 2.75) is 42.5 Å². The fraction of sp³-hybridized carbons (Fsp3) is 0.455. The Kier molecular flexibility index (Phi) is 7.34. The largest absolute Gasteiger partial charge is 0.297 e. The zero-order chi connectivity index (χ0) is 21.8. The summed E-state index contributed by atoms with van der Waals surface area (Å²) < 4.78 is 53.7. The summed E-state index contributed by atoms with van der Waals surface area (Å²) >= 11 is 0. The molecule has 1 atom stereocenters. The highest BCUT2D eigenvalue weighted by molar-refractivity contribution is 7.91. The van der Waals surface area contributed by atoms with Crippen LogP contribution < -0.4 is 0 Å². The zero-order valence-corrected chi connectivity index (χ0v) is 19.2. The third kappa shape index (κ3) is 5.29. The predicted molar refractivity (Wildman–Crippen MR) is 119 cm³/mol. The van der Waals surface area contributed by atoms with E-state index in [0.717, 1.165) is 24.9 Å². The summed E-state index contributed by atoms with van der Waals surface area (Å²) in [7, 11) is -7.18. The van der Waals surface area contributed by atoms with Crippen LogP contribution in [0, 0.1) is 6.92 Å². The first-order valence-electron chi connectivity index (χ1n) is 10.3. The summed E-state index contributed by atoms with van der Waals surface area (Å²) in [5.41, 5.74) is 0.991. The molecule has 1 saturated heterocycles. The van der Waals surface area contributed by atoms with E-state index < -0.39 is 19.9 Å². The van der Waals surface area contributed by atoms with Gasteiger partial charge in [0.05, 0.1) is 15.5 Å². The van der Waals surface area contributed by atoms with Gasteiger partial charge in [0.2, 0.25) is 10.0 Å². The quantitative estimate of drug-likeness (QED) is 0.618. The predicted octanol–water partition coefficient (Wildman–Crippen LogP) is 2.94. The fourth-order valence-corrected chi connectivity index (χ4v) is 6.79. The maximum absolute atomic E-state index is 13.2. The van der Waals surface area contributed by atoms with Crippen LogP contribution >= 0.6 is 0 Å². The second kappa shape index (κ2) is 9.60. The maximum atomic E-state index is 13.2. The Morgan fingerprint density at radius 2 is 1.57 bits per heavy atom. The molecule has 3 rings (SSSR count). The number of hydrogen-bond donors (Lipinski definition) is 0. The smallest absolute Gasteiger partial charge is 0.243 e. The van der Waals surface area contributed by atoms with Gasteiger partial charge in [0, 0.05) is 25.7 Å². The molecule has 2 aromatic carbocycles. The van der Waals surface area contributed by atoms with Crippen LogP contribution in [-0.4, -0.2) is 64.0 Å². The molecule has 0 amide bonds. The molecule has 164 valence electrons. The lowest BCUT2D eigenvalue weighted by atomic mass is 10.2. The normalized spacial score (nSPS) is 19.1. The Labute approximate surface area is 180 Å². The molecule has 1 aliphatic heterocycles. The van der Waals surface area contributed by atoms with Gasteiger partial charge in [-0.1, -0.05) is 49.2 Å². The van der Waals surface area contributed by atoms with Crippen LogP contribution in [0.15, 0.2) is 64.4 Å². The number of rotatable bonds is 8. The van der Waals surface area contributed by atoms with Gasteiger partial charge in [0.1, 0.15) is 0 Å². The molecule has 0 N–H and O–H groups in total. The van der Waals surface area contributed by atoms with Crippen LogP contribution in [0.2, 0.25) is 0 Å². The van der Waals surface area contributed by atoms with Crippen molar-refractivity contribution in [3.63, 3.8) is 0 Å². The van der Waals surface area contributed by atoms with Crippen LogP contribution in [0.3, 0.4) is 0 Å². The Balaban J connectivity index is 1.85. The molecular weight excluding hydrogens is 420 g/mol. The van der Waals surface area contributed by atoms with Crippen LogP contribution in [0.25, 0.3) is 0 Å². The van der Waals surface area contributed by atoms with E-state index in [9.17, 15) is 16.8 Å². The topological polar surface area (TPSA) is 74.8 Å². The van der Waals surface area contributed by atoms with Gasteiger partial charge in [-0.25, -0.2) is 16.8 Å². The zero-order valence-electron chi connectivity index (χ0n) is 17.6. The molecule has 30 heavy (non-hydrogen) atoms. The second-order valence-electron chi connectivity index (χ2n) is 7.81. The molecule has 0 spiro atoms. The van der Waals surface area contributed by atoms with Gasteiger partial charge in [-0.3, -0.25) is 4.90 Å². The van der Waals surface area contributed by atoms with E-state index in [-0.39, 0.29) is 28.1 Å². The number of nitrogens with zero attached hydrogens (tertiary/aromatic N) is 2.